The molecule has 7 heteroatoms. The van der Waals surface area contributed by atoms with Crippen LogP contribution >= 0.6 is 15.9 Å². The molecule has 0 aliphatic carbocycles. The molecule has 0 unspecified atom stereocenters. The van der Waals surface area contributed by atoms with Crippen LogP contribution in [0.5, 0.6) is 0 Å². The molecule has 5 nitrogen and oxygen atoms in total. The van der Waals surface area contributed by atoms with Gasteiger partial charge in [-0.25, -0.2) is 8.42 Å². The molecule has 0 bridgehead atoms. The van der Waals surface area contributed by atoms with Crippen LogP contribution in [0.1, 0.15) is 35.3 Å². The number of halogens is 1. The van der Waals surface area contributed by atoms with E-state index in [2.05, 4.69) is 21.2 Å². The van der Waals surface area contributed by atoms with Gasteiger partial charge in [0.1, 0.15) is 0 Å². The normalized spacial score (nSPS) is 11.6. The third-order valence-electron chi connectivity index (χ3n) is 4.25. The summed E-state index contributed by atoms with van der Waals surface area (Å²) in [4.78, 5) is 12.9. The van der Waals surface area contributed by atoms with Crippen LogP contribution in [0.4, 0.5) is 5.69 Å². The zero-order valence-electron chi connectivity index (χ0n) is 15.3. The molecule has 0 aliphatic heterocycles. The standard InChI is InChI=1S/C19H23BrN2O3S/c1-5-22(6-2)26(24,25)15-10-11-17(20)16(12-15)19(23)21-18-13(3)8-7-9-14(18)4/h7-12H,5-6H2,1-4H3,(H,21,23). The van der Waals surface area contributed by atoms with Gasteiger partial charge in [0.25, 0.3) is 5.91 Å². The maximum atomic E-state index is 12.8. The van der Waals surface area contributed by atoms with Crippen LogP contribution in [0.25, 0.3) is 0 Å². The van der Waals surface area contributed by atoms with Crippen LogP contribution < -0.4 is 5.32 Å². The SMILES string of the molecule is CCN(CC)S(=O)(=O)c1ccc(Br)c(C(=O)Nc2c(C)cccc2C)c1. The molecule has 2 rings (SSSR count). The van der Waals surface area contributed by atoms with Gasteiger partial charge in [-0.3, -0.25) is 4.79 Å². The van der Waals surface area contributed by atoms with Crippen LogP contribution in [-0.4, -0.2) is 31.7 Å². The summed E-state index contributed by atoms with van der Waals surface area (Å²) in [6, 6.07) is 10.3. The van der Waals surface area contributed by atoms with Gasteiger partial charge in [-0.05, 0) is 59.1 Å². The largest absolute Gasteiger partial charge is 0.321 e. The maximum absolute atomic E-state index is 12.8. The molecule has 0 aliphatic rings. The average molecular weight is 439 g/mol. The number of sulfonamides is 1. The second-order valence-corrected chi connectivity index (χ2v) is 8.74. The number of rotatable bonds is 6. The number of hydrogen-bond acceptors (Lipinski definition) is 3. The Morgan fingerprint density at radius 2 is 1.65 bits per heavy atom. The number of carbonyl (C=O) groups is 1. The average Bonchev–Trinajstić information content (AvgIpc) is 2.59. The molecule has 0 atom stereocenters. The van der Waals surface area contributed by atoms with Crippen LogP contribution in [0.2, 0.25) is 0 Å². The van der Waals surface area contributed by atoms with E-state index in [1.54, 1.807) is 19.9 Å². The predicted molar refractivity (Wildman–Crippen MR) is 108 cm³/mol. The van der Waals surface area contributed by atoms with Crippen LogP contribution in [0, 0.1) is 13.8 Å². The monoisotopic (exact) mass is 438 g/mol. The molecule has 1 N–H and O–H groups in total. The molecule has 0 saturated carbocycles. The van der Waals surface area contributed by atoms with Crippen molar-refractivity contribution in [3.8, 4) is 0 Å². The summed E-state index contributed by atoms with van der Waals surface area (Å²) in [5, 5.41) is 2.89. The van der Waals surface area contributed by atoms with Crippen molar-refractivity contribution in [3.05, 3.63) is 57.6 Å². The zero-order valence-corrected chi connectivity index (χ0v) is 17.7. The van der Waals surface area contributed by atoms with Crippen molar-refractivity contribution >= 4 is 37.5 Å². The molecule has 0 saturated heterocycles. The number of hydrogen-bond donors (Lipinski definition) is 1. The van der Waals surface area contributed by atoms with Crippen molar-refractivity contribution in [2.75, 3.05) is 18.4 Å². The lowest BCUT2D eigenvalue weighted by Gasteiger charge is -2.19. The van der Waals surface area contributed by atoms with E-state index >= 15 is 0 Å². The van der Waals surface area contributed by atoms with E-state index in [1.165, 1.54) is 16.4 Å². The van der Waals surface area contributed by atoms with Gasteiger partial charge in [0, 0.05) is 23.2 Å². The van der Waals surface area contributed by atoms with Crippen LogP contribution in [0.3, 0.4) is 0 Å². The van der Waals surface area contributed by atoms with E-state index in [0.29, 0.717) is 17.6 Å². The third-order valence-corrected chi connectivity index (χ3v) is 6.98. The van der Waals surface area contributed by atoms with Crippen molar-refractivity contribution < 1.29 is 13.2 Å². The van der Waals surface area contributed by atoms with Gasteiger partial charge in [0.2, 0.25) is 10.0 Å². The summed E-state index contributed by atoms with van der Waals surface area (Å²) in [5.74, 6) is -0.356. The first-order valence-electron chi connectivity index (χ1n) is 8.39. The minimum atomic E-state index is -3.63. The summed E-state index contributed by atoms with van der Waals surface area (Å²) < 4.78 is 27.4. The maximum Gasteiger partial charge on any atom is 0.256 e. The third kappa shape index (κ3) is 4.16. The Morgan fingerprint density at radius 1 is 1.08 bits per heavy atom. The molecule has 1 amide bonds. The highest BCUT2D eigenvalue weighted by Gasteiger charge is 2.24. The fourth-order valence-corrected chi connectivity index (χ4v) is 4.66. The first kappa shape index (κ1) is 20.6. The van der Waals surface area contributed by atoms with Crippen LogP contribution in [-0.2, 0) is 10.0 Å². The molecular weight excluding hydrogens is 416 g/mol. The smallest absolute Gasteiger partial charge is 0.256 e. The minimum absolute atomic E-state index is 0.107. The quantitative estimate of drug-likeness (QED) is 0.728. The molecule has 2 aromatic rings. The zero-order chi connectivity index (χ0) is 19.5. The van der Waals surface area contributed by atoms with Crippen molar-refractivity contribution in [2.24, 2.45) is 0 Å². The molecule has 0 fully saturated rings. The van der Waals surface area contributed by atoms with Gasteiger partial charge in [0.05, 0.1) is 10.5 Å². The molecule has 0 aromatic heterocycles. The Kier molecular flexibility index (Phi) is 6.60. The molecule has 0 heterocycles. The van der Waals surface area contributed by atoms with E-state index in [1.807, 2.05) is 32.0 Å². The molecular formula is C19H23BrN2O3S. The van der Waals surface area contributed by atoms with Crippen molar-refractivity contribution in [3.63, 3.8) is 0 Å². The highest BCUT2D eigenvalue weighted by Crippen LogP contribution is 2.26. The molecule has 2 aromatic carbocycles. The van der Waals surface area contributed by atoms with Gasteiger partial charge in [0.15, 0.2) is 0 Å². The molecule has 140 valence electrons. The number of nitrogens with zero attached hydrogens (tertiary/aromatic N) is 1. The number of para-hydroxylation sites is 1. The van der Waals surface area contributed by atoms with E-state index < -0.39 is 10.0 Å². The number of benzene rings is 2. The summed E-state index contributed by atoms with van der Waals surface area (Å²) in [6.45, 7) is 8.15. The number of aryl methyl sites for hydroxylation is 2. The van der Waals surface area contributed by atoms with Gasteiger partial charge < -0.3 is 5.32 Å². The fraction of sp³-hybridized carbons (Fsp3) is 0.316. The second-order valence-electron chi connectivity index (χ2n) is 5.95. The Bertz CT molecular complexity index is 902. The summed E-state index contributed by atoms with van der Waals surface area (Å²) >= 11 is 3.35. The molecule has 26 heavy (non-hydrogen) atoms. The Morgan fingerprint density at radius 3 is 2.19 bits per heavy atom. The van der Waals surface area contributed by atoms with E-state index in [0.717, 1.165) is 16.8 Å². The van der Waals surface area contributed by atoms with Gasteiger partial charge in [-0.15, -0.1) is 0 Å². The van der Waals surface area contributed by atoms with Crippen LogP contribution in [0.15, 0.2) is 45.8 Å². The van der Waals surface area contributed by atoms with E-state index in [4.69, 9.17) is 0 Å². The number of nitrogens with one attached hydrogen (secondary N) is 1. The topological polar surface area (TPSA) is 66.5 Å². The highest BCUT2D eigenvalue weighted by molar-refractivity contribution is 9.10. The van der Waals surface area contributed by atoms with Crippen molar-refractivity contribution in [1.82, 2.24) is 4.31 Å². The Hall–Kier alpha value is -1.70. The summed E-state index contributed by atoms with van der Waals surface area (Å²) in [6.07, 6.45) is 0. The minimum Gasteiger partial charge on any atom is -0.321 e. The van der Waals surface area contributed by atoms with E-state index in [9.17, 15) is 13.2 Å². The Balaban J connectivity index is 2.43. The highest BCUT2D eigenvalue weighted by atomic mass is 79.9. The van der Waals surface area contributed by atoms with Gasteiger partial charge in [-0.2, -0.15) is 4.31 Å². The summed E-state index contributed by atoms with van der Waals surface area (Å²) in [7, 11) is -3.63. The van der Waals surface area contributed by atoms with Gasteiger partial charge >= 0.3 is 0 Å². The number of anilines is 1. The fourth-order valence-electron chi connectivity index (χ4n) is 2.74. The van der Waals surface area contributed by atoms with E-state index in [-0.39, 0.29) is 16.4 Å². The first-order chi connectivity index (χ1) is 12.2. The van der Waals surface area contributed by atoms with Crippen molar-refractivity contribution in [1.29, 1.82) is 0 Å². The second kappa shape index (κ2) is 8.33. The number of carbonyl (C=O) groups excluding carboxylic acids is 1. The molecule has 0 spiro atoms. The lowest BCUT2D eigenvalue weighted by atomic mass is 10.1. The number of amides is 1. The molecule has 0 radical (unpaired) electrons. The van der Waals surface area contributed by atoms with Crippen molar-refractivity contribution in [2.45, 2.75) is 32.6 Å². The summed E-state index contributed by atoms with van der Waals surface area (Å²) in [5.41, 5.74) is 2.91. The van der Waals surface area contributed by atoms with Gasteiger partial charge in [-0.1, -0.05) is 32.0 Å². The Labute approximate surface area is 163 Å². The lowest BCUT2D eigenvalue weighted by molar-refractivity contribution is 0.102. The first-order valence-corrected chi connectivity index (χ1v) is 10.6. The lowest BCUT2D eigenvalue weighted by Crippen LogP contribution is -2.30. The predicted octanol–water partition coefficient (Wildman–Crippen LogP) is 4.35.